The Morgan fingerprint density at radius 3 is 2.73 bits per heavy atom. The van der Waals surface area contributed by atoms with Gasteiger partial charge in [-0.15, -0.1) is 0 Å². The normalized spacial score (nSPS) is 10.6. The average molecular weight is 227 g/mol. The molecule has 1 heterocycles. The fourth-order valence-electron chi connectivity index (χ4n) is 1.33. The molecule has 2 aromatic rings. The summed E-state index contributed by atoms with van der Waals surface area (Å²) < 4.78 is 17.8. The lowest BCUT2D eigenvalue weighted by Crippen LogP contribution is -1.87. The Morgan fingerprint density at radius 1 is 1.40 bits per heavy atom. The Kier molecular flexibility index (Phi) is 2.36. The minimum atomic E-state index is -0.415. The second-order valence-electron chi connectivity index (χ2n) is 3.17. The Labute approximate surface area is 90.6 Å². The SMILES string of the molecule is Cc1c(Cl)cc(F)cc1-c1cc(N)on1. The third kappa shape index (κ3) is 1.80. The fourth-order valence-corrected chi connectivity index (χ4v) is 1.53. The molecule has 0 spiro atoms. The molecule has 0 aliphatic heterocycles. The molecular formula is C10H8ClFN2O. The minimum Gasteiger partial charge on any atom is -0.368 e. The van der Waals surface area contributed by atoms with Gasteiger partial charge in [0.25, 0.3) is 0 Å². The van der Waals surface area contributed by atoms with Crippen LogP contribution in [0.4, 0.5) is 10.3 Å². The Bertz CT molecular complexity index is 510. The molecule has 0 aliphatic carbocycles. The van der Waals surface area contributed by atoms with Crippen molar-refractivity contribution in [3.05, 3.63) is 34.6 Å². The van der Waals surface area contributed by atoms with E-state index in [1.165, 1.54) is 18.2 Å². The van der Waals surface area contributed by atoms with Crippen molar-refractivity contribution >= 4 is 17.5 Å². The van der Waals surface area contributed by atoms with Crippen molar-refractivity contribution in [2.45, 2.75) is 6.92 Å². The number of nitrogens with zero attached hydrogens (tertiary/aromatic N) is 1. The summed E-state index contributed by atoms with van der Waals surface area (Å²) in [5.74, 6) is -0.230. The van der Waals surface area contributed by atoms with Crippen LogP contribution in [0.2, 0.25) is 5.02 Å². The average Bonchev–Trinajstić information content (AvgIpc) is 2.58. The second kappa shape index (κ2) is 3.55. The van der Waals surface area contributed by atoms with E-state index < -0.39 is 5.82 Å². The van der Waals surface area contributed by atoms with E-state index in [-0.39, 0.29) is 5.88 Å². The summed E-state index contributed by atoms with van der Waals surface area (Å²) in [5, 5.41) is 4.06. The summed E-state index contributed by atoms with van der Waals surface area (Å²) in [7, 11) is 0. The number of rotatable bonds is 1. The minimum absolute atomic E-state index is 0.185. The summed E-state index contributed by atoms with van der Waals surface area (Å²) in [5.41, 5.74) is 7.19. The van der Waals surface area contributed by atoms with Crippen LogP contribution in [0.5, 0.6) is 0 Å². The Balaban J connectivity index is 2.62. The monoisotopic (exact) mass is 226 g/mol. The van der Waals surface area contributed by atoms with Gasteiger partial charge in [-0.05, 0) is 24.6 Å². The molecule has 0 bridgehead atoms. The molecule has 5 heteroatoms. The lowest BCUT2D eigenvalue weighted by Gasteiger charge is -2.04. The molecule has 78 valence electrons. The molecule has 2 rings (SSSR count). The maximum Gasteiger partial charge on any atom is 0.222 e. The number of nitrogens with two attached hydrogens (primary N) is 1. The van der Waals surface area contributed by atoms with Gasteiger partial charge in [0.1, 0.15) is 11.5 Å². The summed E-state index contributed by atoms with van der Waals surface area (Å²) in [4.78, 5) is 0. The first-order valence-electron chi connectivity index (χ1n) is 4.26. The van der Waals surface area contributed by atoms with Crippen LogP contribution in [0.15, 0.2) is 22.7 Å². The van der Waals surface area contributed by atoms with Crippen molar-refractivity contribution in [1.29, 1.82) is 0 Å². The highest BCUT2D eigenvalue weighted by Gasteiger charge is 2.11. The standard InChI is InChI=1S/C10H8ClFN2O/c1-5-7(2-6(12)3-8(5)11)9-4-10(13)15-14-9/h2-4H,13H2,1H3. The lowest BCUT2D eigenvalue weighted by molar-refractivity contribution is 0.439. The zero-order valence-corrected chi connectivity index (χ0v) is 8.68. The molecule has 2 N–H and O–H groups in total. The van der Waals surface area contributed by atoms with Gasteiger partial charge in [0.2, 0.25) is 5.88 Å². The quantitative estimate of drug-likeness (QED) is 0.813. The van der Waals surface area contributed by atoms with Crippen LogP contribution < -0.4 is 5.73 Å². The van der Waals surface area contributed by atoms with E-state index in [0.717, 1.165) is 5.56 Å². The van der Waals surface area contributed by atoms with Crippen molar-refractivity contribution in [3.8, 4) is 11.3 Å². The van der Waals surface area contributed by atoms with Gasteiger partial charge < -0.3 is 10.3 Å². The molecule has 0 fully saturated rings. The van der Waals surface area contributed by atoms with Crippen LogP contribution in [0, 0.1) is 12.7 Å². The highest BCUT2D eigenvalue weighted by atomic mass is 35.5. The lowest BCUT2D eigenvalue weighted by atomic mass is 10.1. The molecule has 0 atom stereocenters. The van der Waals surface area contributed by atoms with Gasteiger partial charge in [-0.1, -0.05) is 16.8 Å². The van der Waals surface area contributed by atoms with E-state index >= 15 is 0 Å². The molecule has 1 aromatic carbocycles. The highest BCUT2D eigenvalue weighted by Crippen LogP contribution is 2.29. The van der Waals surface area contributed by atoms with Crippen LogP contribution in [0.3, 0.4) is 0 Å². The number of nitrogen functional groups attached to an aromatic ring is 1. The molecule has 1 aromatic heterocycles. The van der Waals surface area contributed by atoms with Crippen molar-refractivity contribution < 1.29 is 8.91 Å². The van der Waals surface area contributed by atoms with Crippen molar-refractivity contribution in [3.63, 3.8) is 0 Å². The molecule has 0 saturated carbocycles. The van der Waals surface area contributed by atoms with Gasteiger partial charge >= 0.3 is 0 Å². The smallest absolute Gasteiger partial charge is 0.222 e. The van der Waals surface area contributed by atoms with Crippen molar-refractivity contribution in [1.82, 2.24) is 5.16 Å². The maximum atomic E-state index is 13.1. The summed E-state index contributed by atoms with van der Waals surface area (Å²) in [6.07, 6.45) is 0. The van der Waals surface area contributed by atoms with Crippen LogP contribution in [-0.4, -0.2) is 5.16 Å². The number of aromatic nitrogens is 1. The number of benzene rings is 1. The molecule has 3 nitrogen and oxygen atoms in total. The van der Waals surface area contributed by atoms with Crippen LogP contribution in [-0.2, 0) is 0 Å². The first-order valence-corrected chi connectivity index (χ1v) is 4.64. The van der Waals surface area contributed by atoms with Gasteiger partial charge in [0.15, 0.2) is 0 Å². The molecule has 0 aliphatic rings. The zero-order valence-electron chi connectivity index (χ0n) is 7.92. The largest absolute Gasteiger partial charge is 0.368 e. The Morgan fingerprint density at radius 2 is 2.13 bits per heavy atom. The van der Waals surface area contributed by atoms with E-state index in [4.69, 9.17) is 21.9 Å². The topological polar surface area (TPSA) is 52.0 Å². The summed E-state index contributed by atoms with van der Waals surface area (Å²) in [6, 6.07) is 4.13. The third-order valence-electron chi connectivity index (χ3n) is 2.11. The van der Waals surface area contributed by atoms with Gasteiger partial charge in [-0.2, -0.15) is 0 Å². The molecule has 0 saturated heterocycles. The van der Waals surface area contributed by atoms with E-state index in [9.17, 15) is 4.39 Å². The molecular weight excluding hydrogens is 219 g/mol. The van der Waals surface area contributed by atoms with Gasteiger partial charge in [-0.3, -0.25) is 0 Å². The van der Waals surface area contributed by atoms with Gasteiger partial charge in [-0.25, -0.2) is 4.39 Å². The molecule has 0 amide bonds. The first kappa shape index (κ1) is 9.98. The van der Waals surface area contributed by atoms with Gasteiger partial charge in [0.05, 0.1) is 0 Å². The number of hydrogen-bond donors (Lipinski definition) is 1. The van der Waals surface area contributed by atoms with E-state index in [0.29, 0.717) is 16.3 Å². The third-order valence-corrected chi connectivity index (χ3v) is 2.51. The van der Waals surface area contributed by atoms with Crippen molar-refractivity contribution in [2.24, 2.45) is 0 Å². The summed E-state index contributed by atoms with van der Waals surface area (Å²) in [6.45, 7) is 1.78. The van der Waals surface area contributed by atoms with E-state index in [2.05, 4.69) is 5.16 Å². The summed E-state index contributed by atoms with van der Waals surface area (Å²) >= 11 is 5.85. The van der Waals surface area contributed by atoms with Crippen LogP contribution in [0.25, 0.3) is 11.3 Å². The first-order chi connectivity index (χ1) is 7.08. The van der Waals surface area contributed by atoms with Gasteiger partial charge in [0, 0.05) is 16.7 Å². The predicted molar refractivity (Wildman–Crippen MR) is 56.1 cm³/mol. The predicted octanol–water partition coefficient (Wildman–Crippen LogP) is 3.02. The number of halogens is 2. The fraction of sp³-hybridized carbons (Fsp3) is 0.100. The van der Waals surface area contributed by atoms with Crippen LogP contribution >= 0.6 is 11.6 Å². The maximum absolute atomic E-state index is 13.1. The number of anilines is 1. The zero-order chi connectivity index (χ0) is 11.0. The van der Waals surface area contributed by atoms with E-state index in [1.54, 1.807) is 6.92 Å². The number of hydrogen-bond acceptors (Lipinski definition) is 3. The van der Waals surface area contributed by atoms with Crippen molar-refractivity contribution in [2.75, 3.05) is 5.73 Å². The second-order valence-corrected chi connectivity index (χ2v) is 3.58. The van der Waals surface area contributed by atoms with Crippen LogP contribution in [0.1, 0.15) is 5.56 Å². The highest BCUT2D eigenvalue weighted by molar-refractivity contribution is 6.31. The Hall–Kier alpha value is -1.55. The molecule has 0 radical (unpaired) electrons. The molecule has 0 unspecified atom stereocenters. The molecule has 15 heavy (non-hydrogen) atoms. The van der Waals surface area contributed by atoms with E-state index in [1.807, 2.05) is 0 Å².